The molecule has 2 rings (SSSR count). The molecule has 7 heteroatoms. The molecule has 1 aromatic rings. The molecule has 1 aliphatic rings. The monoisotopic (exact) mass is 339 g/mol. The van der Waals surface area contributed by atoms with Gasteiger partial charge >= 0.3 is 6.03 Å². The molecular weight excluding hydrogens is 318 g/mol. The molecule has 126 valence electrons. The lowest BCUT2D eigenvalue weighted by Gasteiger charge is -2.22. The highest BCUT2D eigenvalue weighted by Gasteiger charge is 2.32. The van der Waals surface area contributed by atoms with E-state index in [1.807, 2.05) is 13.8 Å². The predicted molar refractivity (Wildman–Crippen MR) is 88.4 cm³/mol. The summed E-state index contributed by atoms with van der Waals surface area (Å²) >= 11 is 6.02. The number of halogens is 1. The van der Waals surface area contributed by atoms with Crippen LogP contribution in [0.25, 0.3) is 0 Å². The SMILES string of the molecule is CC(C)Oc1ccc(Cl)cc1CNC(=O)[C@@H]1CCCN1C(N)=O. The summed E-state index contributed by atoms with van der Waals surface area (Å²) in [5, 5.41) is 3.41. The Morgan fingerprint density at radius 1 is 1.48 bits per heavy atom. The quantitative estimate of drug-likeness (QED) is 0.863. The summed E-state index contributed by atoms with van der Waals surface area (Å²) in [4.78, 5) is 25.1. The van der Waals surface area contributed by atoms with E-state index < -0.39 is 12.1 Å². The zero-order chi connectivity index (χ0) is 17.0. The second-order valence-electron chi connectivity index (χ2n) is 5.83. The predicted octanol–water partition coefficient (Wildman–Crippen LogP) is 2.29. The Morgan fingerprint density at radius 2 is 2.22 bits per heavy atom. The summed E-state index contributed by atoms with van der Waals surface area (Å²) in [6.45, 7) is 4.66. The largest absolute Gasteiger partial charge is 0.491 e. The lowest BCUT2D eigenvalue weighted by molar-refractivity contribution is -0.124. The standard InChI is InChI=1S/C16H22ClN3O3/c1-10(2)23-14-6-5-12(17)8-11(14)9-19-15(21)13-4-3-7-20(13)16(18)22/h5-6,8,10,13H,3-4,7,9H2,1-2H3,(H2,18,22)(H,19,21)/t13-/m0/s1. The topological polar surface area (TPSA) is 84.7 Å². The Bertz CT molecular complexity index is 592. The number of amides is 3. The van der Waals surface area contributed by atoms with Crippen LogP contribution in [0.4, 0.5) is 4.79 Å². The van der Waals surface area contributed by atoms with Gasteiger partial charge in [-0.05, 0) is 44.9 Å². The van der Waals surface area contributed by atoms with Gasteiger partial charge in [0, 0.05) is 23.7 Å². The van der Waals surface area contributed by atoms with Crippen molar-refractivity contribution in [3.05, 3.63) is 28.8 Å². The van der Waals surface area contributed by atoms with Gasteiger partial charge in [0.1, 0.15) is 11.8 Å². The van der Waals surface area contributed by atoms with Crippen LogP contribution in [-0.4, -0.2) is 35.5 Å². The van der Waals surface area contributed by atoms with Gasteiger partial charge in [0.2, 0.25) is 5.91 Å². The number of hydrogen-bond acceptors (Lipinski definition) is 3. The number of nitrogens with two attached hydrogens (primary N) is 1. The number of primary amides is 1. The lowest BCUT2D eigenvalue weighted by Crippen LogP contribution is -2.47. The van der Waals surface area contributed by atoms with Crippen molar-refractivity contribution in [2.45, 2.75) is 45.4 Å². The van der Waals surface area contributed by atoms with Gasteiger partial charge < -0.3 is 20.7 Å². The second kappa shape index (κ2) is 7.55. The van der Waals surface area contributed by atoms with Crippen LogP contribution in [0.3, 0.4) is 0 Å². The molecule has 0 radical (unpaired) electrons. The van der Waals surface area contributed by atoms with E-state index in [-0.39, 0.29) is 18.6 Å². The first-order chi connectivity index (χ1) is 10.9. The van der Waals surface area contributed by atoms with E-state index in [0.29, 0.717) is 23.7 Å². The molecule has 1 aliphatic heterocycles. The summed E-state index contributed by atoms with van der Waals surface area (Å²) in [5.74, 6) is 0.472. The van der Waals surface area contributed by atoms with Gasteiger partial charge in [-0.3, -0.25) is 4.79 Å². The van der Waals surface area contributed by atoms with Crippen molar-refractivity contribution >= 4 is 23.5 Å². The van der Waals surface area contributed by atoms with E-state index in [4.69, 9.17) is 22.1 Å². The van der Waals surface area contributed by atoms with Crippen molar-refractivity contribution < 1.29 is 14.3 Å². The van der Waals surface area contributed by atoms with E-state index >= 15 is 0 Å². The Morgan fingerprint density at radius 3 is 2.87 bits per heavy atom. The molecule has 6 nitrogen and oxygen atoms in total. The number of urea groups is 1. The summed E-state index contributed by atoms with van der Waals surface area (Å²) in [6, 6.07) is 4.24. The van der Waals surface area contributed by atoms with Crippen LogP contribution in [-0.2, 0) is 11.3 Å². The Labute approximate surface area is 140 Å². The van der Waals surface area contributed by atoms with Crippen molar-refractivity contribution in [1.82, 2.24) is 10.2 Å². The zero-order valence-electron chi connectivity index (χ0n) is 13.3. The van der Waals surface area contributed by atoms with Crippen LogP contribution >= 0.6 is 11.6 Å². The van der Waals surface area contributed by atoms with Gasteiger partial charge in [0.25, 0.3) is 0 Å². The number of hydrogen-bond donors (Lipinski definition) is 2. The molecule has 23 heavy (non-hydrogen) atoms. The number of rotatable bonds is 5. The number of ether oxygens (including phenoxy) is 1. The Hall–Kier alpha value is -1.95. The van der Waals surface area contributed by atoms with Crippen molar-refractivity contribution in [1.29, 1.82) is 0 Å². The summed E-state index contributed by atoms with van der Waals surface area (Å²) in [6.07, 6.45) is 1.42. The first-order valence-corrected chi connectivity index (χ1v) is 8.05. The third-order valence-corrected chi connectivity index (χ3v) is 3.91. The van der Waals surface area contributed by atoms with Gasteiger partial charge in [-0.25, -0.2) is 4.79 Å². The Balaban J connectivity index is 2.04. The average Bonchev–Trinajstić information content (AvgIpc) is 2.96. The number of carbonyl (C=O) groups excluding carboxylic acids is 2. The molecule has 0 aliphatic carbocycles. The first-order valence-electron chi connectivity index (χ1n) is 7.67. The third-order valence-electron chi connectivity index (χ3n) is 3.68. The van der Waals surface area contributed by atoms with Gasteiger partial charge in [0.05, 0.1) is 6.10 Å². The second-order valence-corrected chi connectivity index (χ2v) is 6.26. The minimum atomic E-state index is -0.561. The molecular formula is C16H22ClN3O3. The molecule has 1 atom stereocenters. The van der Waals surface area contributed by atoms with Gasteiger partial charge in [-0.15, -0.1) is 0 Å². The fourth-order valence-corrected chi connectivity index (χ4v) is 2.85. The molecule has 0 aromatic heterocycles. The minimum Gasteiger partial charge on any atom is -0.491 e. The molecule has 0 bridgehead atoms. The van der Waals surface area contributed by atoms with Crippen LogP contribution < -0.4 is 15.8 Å². The minimum absolute atomic E-state index is 0.0193. The molecule has 1 fully saturated rings. The summed E-state index contributed by atoms with van der Waals surface area (Å²) < 4.78 is 5.72. The maximum Gasteiger partial charge on any atom is 0.315 e. The molecule has 1 heterocycles. The molecule has 0 saturated carbocycles. The van der Waals surface area contributed by atoms with Crippen LogP contribution in [0.5, 0.6) is 5.75 Å². The number of benzene rings is 1. The molecule has 1 saturated heterocycles. The van der Waals surface area contributed by atoms with E-state index in [1.54, 1.807) is 18.2 Å². The van der Waals surface area contributed by atoms with Crippen molar-refractivity contribution in [2.24, 2.45) is 5.73 Å². The fraction of sp³-hybridized carbons (Fsp3) is 0.500. The van der Waals surface area contributed by atoms with Crippen LogP contribution in [0.1, 0.15) is 32.3 Å². The summed E-state index contributed by atoms with van der Waals surface area (Å²) in [7, 11) is 0. The molecule has 0 unspecified atom stereocenters. The van der Waals surface area contributed by atoms with Crippen LogP contribution in [0.15, 0.2) is 18.2 Å². The van der Waals surface area contributed by atoms with E-state index in [9.17, 15) is 9.59 Å². The highest BCUT2D eigenvalue weighted by molar-refractivity contribution is 6.30. The highest BCUT2D eigenvalue weighted by Crippen LogP contribution is 2.24. The van der Waals surface area contributed by atoms with Gasteiger partial charge in [-0.2, -0.15) is 0 Å². The van der Waals surface area contributed by atoms with Gasteiger partial charge in [-0.1, -0.05) is 11.6 Å². The highest BCUT2D eigenvalue weighted by atomic mass is 35.5. The maximum absolute atomic E-state index is 12.3. The molecule has 3 amide bonds. The fourth-order valence-electron chi connectivity index (χ4n) is 2.66. The lowest BCUT2D eigenvalue weighted by atomic mass is 10.1. The normalized spacial score (nSPS) is 17.4. The number of likely N-dealkylation sites (tertiary alicyclic amines) is 1. The van der Waals surface area contributed by atoms with E-state index in [2.05, 4.69) is 5.32 Å². The molecule has 1 aromatic carbocycles. The van der Waals surface area contributed by atoms with Crippen LogP contribution in [0, 0.1) is 0 Å². The van der Waals surface area contributed by atoms with Crippen molar-refractivity contribution in [3.8, 4) is 5.75 Å². The van der Waals surface area contributed by atoms with Crippen molar-refractivity contribution in [2.75, 3.05) is 6.54 Å². The van der Waals surface area contributed by atoms with Gasteiger partial charge in [0.15, 0.2) is 0 Å². The molecule has 0 spiro atoms. The molecule has 3 N–H and O–H groups in total. The average molecular weight is 340 g/mol. The summed E-state index contributed by atoms with van der Waals surface area (Å²) in [5.41, 5.74) is 6.10. The van der Waals surface area contributed by atoms with E-state index in [1.165, 1.54) is 4.90 Å². The Kier molecular flexibility index (Phi) is 5.71. The zero-order valence-corrected chi connectivity index (χ0v) is 14.1. The smallest absolute Gasteiger partial charge is 0.315 e. The van der Waals surface area contributed by atoms with Crippen molar-refractivity contribution in [3.63, 3.8) is 0 Å². The first kappa shape index (κ1) is 17.4. The maximum atomic E-state index is 12.3. The number of nitrogens with zero attached hydrogens (tertiary/aromatic N) is 1. The number of carbonyl (C=O) groups is 2. The third kappa shape index (κ3) is 4.51. The van der Waals surface area contributed by atoms with E-state index in [0.717, 1.165) is 12.0 Å². The van der Waals surface area contributed by atoms with Crippen LogP contribution in [0.2, 0.25) is 5.02 Å². The number of nitrogens with one attached hydrogen (secondary N) is 1.